The summed E-state index contributed by atoms with van der Waals surface area (Å²) < 4.78 is 10.0. The second-order valence-corrected chi connectivity index (χ2v) is 3.50. The molecule has 1 rings (SSSR count). The molecule has 0 aliphatic heterocycles. The summed E-state index contributed by atoms with van der Waals surface area (Å²) in [6, 6.07) is 7.53. The Balaban J connectivity index is 0.000000344. The molecule has 106 valence electrons. The lowest BCUT2D eigenvalue weighted by atomic mass is 10.2. The summed E-state index contributed by atoms with van der Waals surface area (Å²) in [5.74, 6) is -0.359. The topological polar surface area (TPSA) is 93.1 Å². The molecule has 0 aromatic heterocycles. The summed E-state index contributed by atoms with van der Waals surface area (Å²) in [5.41, 5.74) is 0. The lowest BCUT2D eigenvalue weighted by Gasteiger charge is -2.04. The molecule has 0 radical (unpaired) electrons. The van der Waals surface area contributed by atoms with Crippen LogP contribution < -0.4 is 9.47 Å². The van der Waals surface area contributed by atoms with Gasteiger partial charge in [-0.2, -0.15) is 0 Å². The normalized spacial score (nSPS) is 8.95. The largest absolute Gasteiger partial charge is 0.493 e. The van der Waals surface area contributed by atoms with Crippen molar-refractivity contribution in [2.45, 2.75) is 19.3 Å². The Morgan fingerprint density at radius 2 is 1.32 bits per heavy atom. The minimum Gasteiger partial charge on any atom is -0.493 e. The van der Waals surface area contributed by atoms with Crippen molar-refractivity contribution in [3.8, 4) is 11.5 Å². The Kier molecular flexibility index (Phi) is 8.61. The highest BCUT2D eigenvalue weighted by atomic mass is 16.5. The van der Waals surface area contributed by atoms with Crippen LogP contribution in [-0.2, 0) is 9.59 Å². The third-order valence-electron chi connectivity index (χ3n) is 2.07. The van der Waals surface area contributed by atoms with Crippen molar-refractivity contribution in [2.24, 2.45) is 0 Å². The van der Waals surface area contributed by atoms with Crippen LogP contribution in [0.1, 0.15) is 19.3 Å². The monoisotopic (exact) mass is 270 g/mol. The van der Waals surface area contributed by atoms with E-state index in [4.69, 9.17) is 19.7 Å². The Bertz CT molecular complexity index is 365. The number of benzene rings is 1. The minimum absolute atomic E-state index is 0.0632. The molecular weight excluding hydrogens is 252 g/mol. The summed E-state index contributed by atoms with van der Waals surface area (Å²) >= 11 is 0. The van der Waals surface area contributed by atoms with Crippen LogP contribution in [0.3, 0.4) is 0 Å². The molecule has 0 heterocycles. The summed E-state index contributed by atoms with van der Waals surface area (Å²) in [7, 11) is 3.25. The quantitative estimate of drug-likeness (QED) is 0.821. The van der Waals surface area contributed by atoms with Gasteiger partial charge in [-0.1, -0.05) is 12.1 Å². The van der Waals surface area contributed by atoms with Crippen LogP contribution in [0.25, 0.3) is 0 Å². The SMILES string of the molecule is COc1ccccc1OC.O=C(O)CCCC(=O)O. The van der Waals surface area contributed by atoms with E-state index in [2.05, 4.69) is 0 Å². The van der Waals surface area contributed by atoms with Crippen molar-refractivity contribution in [1.29, 1.82) is 0 Å². The number of para-hydroxylation sites is 2. The van der Waals surface area contributed by atoms with E-state index in [1.165, 1.54) is 0 Å². The van der Waals surface area contributed by atoms with Gasteiger partial charge in [0.2, 0.25) is 0 Å². The van der Waals surface area contributed by atoms with Gasteiger partial charge in [0.05, 0.1) is 14.2 Å². The minimum atomic E-state index is -0.948. The zero-order valence-electron chi connectivity index (χ0n) is 11.0. The standard InChI is InChI=1S/C8H10O2.C5H8O4/c1-9-7-5-3-4-6-8(7)10-2;6-4(7)2-1-3-5(8)9/h3-6H,1-2H3;1-3H2,(H,6,7)(H,8,9). The molecule has 0 atom stereocenters. The number of ether oxygens (including phenoxy) is 2. The molecule has 0 unspecified atom stereocenters. The van der Waals surface area contributed by atoms with Crippen LogP contribution in [0.5, 0.6) is 11.5 Å². The molecule has 1 aromatic rings. The zero-order valence-corrected chi connectivity index (χ0v) is 11.0. The van der Waals surface area contributed by atoms with E-state index in [1.807, 2.05) is 24.3 Å². The van der Waals surface area contributed by atoms with Crippen molar-refractivity contribution in [3.63, 3.8) is 0 Å². The Morgan fingerprint density at radius 3 is 1.58 bits per heavy atom. The molecule has 6 heteroatoms. The fraction of sp³-hybridized carbons (Fsp3) is 0.385. The van der Waals surface area contributed by atoms with Gasteiger partial charge in [-0.3, -0.25) is 9.59 Å². The first-order chi connectivity index (χ1) is 9.01. The lowest BCUT2D eigenvalue weighted by molar-refractivity contribution is -0.138. The van der Waals surface area contributed by atoms with E-state index in [1.54, 1.807) is 14.2 Å². The Hall–Kier alpha value is -2.24. The van der Waals surface area contributed by atoms with Crippen LogP contribution >= 0.6 is 0 Å². The molecule has 0 spiro atoms. The first kappa shape index (κ1) is 16.8. The molecule has 0 aliphatic rings. The van der Waals surface area contributed by atoms with Crippen molar-refractivity contribution in [1.82, 2.24) is 0 Å². The number of hydrogen-bond acceptors (Lipinski definition) is 4. The number of rotatable bonds is 6. The molecule has 0 aliphatic carbocycles. The summed E-state index contributed by atoms with van der Waals surface area (Å²) in [5, 5.41) is 16.1. The smallest absolute Gasteiger partial charge is 0.303 e. The number of carboxylic acids is 2. The molecule has 1 aromatic carbocycles. The number of carboxylic acid groups (broad SMARTS) is 2. The van der Waals surface area contributed by atoms with Crippen molar-refractivity contribution < 1.29 is 29.3 Å². The second kappa shape index (κ2) is 9.76. The molecule has 2 N–H and O–H groups in total. The molecule has 0 fully saturated rings. The molecule has 0 saturated carbocycles. The molecular formula is C13H18O6. The van der Waals surface area contributed by atoms with E-state index in [9.17, 15) is 9.59 Å². The van der Waals surface area contributed by atoms with Crippen molar-refractivity contribution in [3.05, 3.63) is 24.3 Å². The van der Waals surface area contributed by atoms with Gasteiger partial charge in [-0.05, 0) is 18.6 Å². The van der Waals surface area contributed by atoms with Gasteiger partial charge >= 0.3 is 11.9 Å². The summed E-state index contributed by atoms with van der Waals surface area (Å²) in [6.07, 6.45) is 0.0866. The maximum atomic E-state index is 9.79. The van der Waals surface area contributed by atoms with Gasteiger partial charge in [-0.15, -0.1) is 0 Å². The van der Waals surface area contributed by atoms with E-state index in [0.29, 0.717) is 0 Å². The maximum absolute atomic E-state index is 9.79. The highest BCUT2D eigenvalue weighted by molar-refractivity contribution is 5.69. The maximum Gasteiger partial charge on any atom is 0.303 e. The Labute approximate surface area is 111 Å². The molecule has 19 heavy (non-hydrogen) atoms. The van der Waals surface area contributed by atoms with Gasteiger partial charge < -0.3 is 19.7 Å². The predicted octanol–water partition coefficient (Wildman–Crippen LogP) is 2.03. The third kappa shape index (κ3) is 8.48. The number of methoxy groups -OCH3 is 2. The predicted molar refractivity (Wildman–Crippen MR) is 68.7 cm³/mol. The lowest BCUT2D eigenvalue weighted by Crippen LogP contribution is -1.98. The van der Waals surface area contributed by atoms with Crippen LogP contribution in [-0.4, -0.2) is 36.4 Å². The highest BCUT2D eigenvalue weighted by Crippen LogP contribution is 2.24. The van der Waals surface area contributed by atoms with Crippen LogP contribution in [0.15, 0.2) is 24.3 Å². The first-order valence-electron chi connectivity index (χ1n) is 5.61. The number of aliphatic carboxylic acids is 2. The summed E-state index contributed by atoms with van der Waals surface area (Å²) in [4.78, 5) is 19.6. The fourth-order valence-electron chi connectivity index (χ4n) is 1.18. The molecule has 6 nitrogen and oxygen atoms in total. The first-order valence-corrected chi connectivity index (χ1v) is 5.61. The van der Waals surface area contributed by atoms with Gasteiger partial charge in [0.25, 0.3) is 0 Å². The number of carbonyl (C=O) groups is 2. The van der Waals surface area contributed by atoms with E-state index in [0.717, 1.165) is 11.5 Å². The third-order valence-corrected chi connectivity index (χ3v) is 2.07. The summed E-state index contributed by atoms with van der Waals surface area (Å²) in [6.45, 7) is 0. The van der Waals surface area contributed by atoms with Gasteiger partial charge in [0, 0.05) is 12.8 Å². The van der Waals surface area contributed by atoms with E-state index >= 15 is 0 Å². The fourth-order valence-corrected chi connectivity index (χ4v) is 1.18. The van der Waals surface area contributed by atoms with E-state index < -0.39 is 11.9 Å². The average molecular weight is 270 g/mol. The van der Waals surface area contributed by atoms with Crippen LogP contribution in [0, 0.1) is 0 Å². The van der Waals surface area contributed by atoms with Crippen molar-refractivity contribution in [2.75, 3.05) is 14.2 Å². The average Bonchev–Trinajstić information content (AvgIpc) is 2.38. The van der Waals surface area contributed by atoms with E-state index in [-0.39, 0.29) is 19.3 Å². The van der Waals surface area contributed by atoms with Crippen molar-refractivity contribution >= 4 is 11.9 Å². The molecule has 0 amide bonds. The Morgan fingerprint density at radius 1 is 0.947 bits per heavy atom. The van der Waals surface area contributed by atoms with Gasteiger partial charge in [0.15, 0.2) is 11.5 Å². The van der Waals surface area contributed by atoms with Crippen LogP contribution in [0.2, 0.25) is 0 Å². The van der Waals surface area contributed by atoms with Crippen LogP contribution in [0.4, 0.5) is 0 Å². The second-order valence-electron chi connectivity index (χ2n) is 3.50. The molecule has 0 bridgehead atoms. The number of hydrogen-bond donors (Lipinski definition) is 2. The van der Waals surface area contributed by atoms with Gasteiger partial charge in [-0.25, -0.2) is 0 Å². The van der Waals surface area contributed by atoms with Gasteiger partial charge in [0.1, 0.15) is 0 Å². The molecule has 0 saturated heterocycles. The zero-order chi connectivity index (χ0) is 14.7. The highest BCUT2D eigenvalue weighted by Gasteiger charge is 1.99.